The Morgan fingerprint density at radius 1 is 1.89 bits per heavy atom. The lowest BCUT2D eigenvalue weighted by atomic mass is 10.4. The summed E-state index contributed by atoms with van der Waals surface area (Å²) in [4.78, 5) is 10.3. The Morgan fingerprint density at radius 2 is 2.44 bits per heavy atom. The molecular weight excluding hydrogens is 138 g/mol. The van der Waals surface area contributed by atoms with E-state index in [1.807, 2.05) is 0 Å². The van der Waals surface area contributed by atoms with E-state index >= 15 is 0 Å². The minimum Gasteiger partial charge on any atom is -0.480 e. The average molecular weight is 149 g/mol. The van der Waals surface area contributed by atoms with E-state index in [1.54, 1.807) is 13.3 Å². The molecule has 0 spiro atoms. The number of thioether (sulfide) groups is 1. The Morgan fingerprint density at radius 3 is 2.56 bits per heavy atom. The van der Waals surface area contributed by atoms with Crippen molar-refractivity contribution in [3.05, 3.63) is 0 Å². The number of nitrogens with one attached hydrogen (secondary N) is 1. The third-order valence-corrected chi connectivity index (χ3v) is 1.89. The second kappa shape index (κ2) is 4.64. The van der Waals surface area contributed by atoms with Crippen molar-refractivity contribution in [3.63, 3.8) is 0 Å². The first-order chi connectivity index (χ1) is 4.22. The molecule has 4 heteroatoms. The third kappa shape index (κ3) is 3.37. The summed E-state index contributed by atoms with van der Waals surface area (Å²) in [5.41, 5.74) is 0. The molecule has 3 nitrogen and oxygen atoms in total. The Bertz CT molecular complexity index is 97.0. The second-order valence-electron chi connectivity index (χ2n) is 1.62. The van der Waals surface area contributed by atoms with Gasteiger partial charge in [-0.25, -0.2) is 0 Å². The highest BCUT2D eigenvalue weighted by Gasteiger charge is 2.13. The van der Waals surface area contributed by atoms with E-state index in [0.29, 0.717) is 6.54 Å². The van der Waals surface area contributed by atoms with Gasteiger partial charge < -0.3 is 10.4 Å². The molecule has 54 valence electrons. The van der Waals surface area contributed by atoms with Gasteiger partial charge in [0.25, 0.3) is 0 Å². The molecule has 0 aromatic heterocycles. The number of carbonyl (C=O) groups is 1. The topological polar surface area (TPSA) is 49.3 Å². The van der Waals surface area contributed by atoms with Gasteiger partial charge in [0.2, 0.25) is 0 Å². The largest absolute Gasteiger partial charge is 0.480 e. The number of carboxylic acid groups (broad SMARTS) is 1. The normalized spacial score (nSPS) is 13.1. The molecule has 0 heterocycles. The molecule has 0 rings (SSSR count). The summed E-state index contributed by atoms with van der Waals surface area (Å²) in [5.74, 6) is -0.753. The SMILES string of the molecule is CNCC(SC)C(=O)O. The molecule has 1 atom stereocenters. The van der Waals surface area contributed by atoms with Crippen LogP contribution in [0.5, 0.6) is 0 Å². The molecule has 0 aliphatic carbocycles. The number of hydrogen-bond donors (Lipinski definition) is 2. The third-order valence-electron chi connectivity index (χ3n) is 0.949. The summed E-state index contributed by atoms with van der Waals surface area (Å²) in [6.45, 7) is 0.524. The summed E-state index contributed by atoms with van der Waals surface area (Å²) in [5, 5.41) is 10.9. The van der Waals surface area contributed by atoms with Crippen LogP contribution in [-0.4, -0.2) is 36.2 Å². The maximum absolute atomic E-state index is 10.3. The summed E-state index contributed by atoms with van der Waals surface area (Å²) >= 11 is 1.34. The first-order valence-corrected chi connectivity index (χ1v) is 3.91. The number of aliphatic carboxylic acids is 1. The monoisotopic (exact) mass is 149 g/mol. The number of rotatable bonds is 4. The van der Waals surface area contributed by atoms with Gasteiger partial charge in [0, 0.05) is 6.54 Å². The van der Waals surface area contributed by atoms with Crippen LogP contribution in [-0.2, 0) is 4.79 Å². The molecule has 0 saturated carbocycles. The molecule has 1 unspecified atom stereocenters. The molecule has 0 saturated heterocycles. The lowest BCUT2D eigenvalue weighted by molar-refractivity contribution is -0.136. The van der Waals surface area contributed by atoms with Crippen molar-refractivity contribution in [3.8, 4) is 0 Å². The summed E-state index contributed by atoms with van der Waals surface area (Å²) in [6.07, 6.45) is 1.79. The smallest absolute Gasteiger partial charge is 0.317 e. The van der Waals surface area contributed by atoms with E-state index in [1.165, 1.54) is 11.8 Å². The van der Waals surface area contributed by atoms with E-state index in [9.17, 15) is 4.79 Å². The van der Waals surface area contributed by atoms with Crippen molar-refractivity contribution < 1.29 is 9.90 Å². The molecule has 0 aromatic carbocycles. The fourth-order valence-corrected chi connectivity index (χ4v) is 0.992. The van der Waals surface area contributed by atoms with Crippen LogP contribution in [0.2, 0.25) is 0 Å². The zero-order chi connectivity index (χ0) is 7.28. The van der Waals surface area contributed by atoms with Crippen LogP contribution in [0.1, 0.15) is 0 Å². The van der Waals surface area contributed by atoms with Crippen LogP contribution in [0.4, 0.5) is 0 Å². The highest BCUT2D eigenvalue weighted by Crippen LogP contribution is 2.03. The number of hydrogen-bond acceptors (Lipinski definition) is 3. The van der Waals surface area contributed by atoms with Crippen LogP contribution in [0.15, 0.2) is 0 Å². The predicted molar refractivity (Wildman–Crippen MR) is 38.9 cm³/mol. The van der Waals surface area contributed by atoms with E-state index in [4.69, 9.17) is 5.11 Å². The van der Waals surface area contributed by atoms with Gasteiger partial charge in [0.15, 0.2) is 0 Å². The maximum atomic E-state index is 10.3. The zero-order valence-corrected chi connectivity index (χ0v) is 6.36. The Labute approximate surface area is 58.8 Å². The second-order valence-corrected chi connectivity index (χ2v) is 2.66. The van der Waals surface area contributed by atoms with Crippen molar-refractivity contribution >= 4 is 17.7 Å². The molecule has 2 N–H and O–H groups in total. The van der Waals surface area contributed by atoms with Crippen molar-refractivity contribution in [2.45, 2.75) is 5.25 Å². The average Bonchev–Trinajstić information content (AvgIpc) is 1.82. The number of carboxylic acids is 1. The molecule has 0 aromatic rings. The summed E-state index contributed by atoms with van der Waals surface area (Å²) in [7, 11) is 1.74. The lowest BCUT2D eigenvalue weighted by Crippen LogP contribution is -2.28. The Hall–Kier alpha value is -0.220. The molecule has 9 heavy (non-hydrogen) atoms. The van der Waals surface area contributed by atoms with Crippen LogP contribution in [0.25, 0.3) is 0 Å². The molecule has 0 amide bonds. The molecule has 0 fully saturated rings. The molecule has 0 aliphatic heterocycles. The van der Waals surface area contributed by atoms with Gasteiger partial charge in [-0.15, -0.1) is 11.8 Å². The van der Waals surface area contributed by atoms with Crippen molar-refractivity contribution in [1.82, 2.24) is 5.32 Å². The molecule has 0 bridgehead atoms. The van der Waals surface area contributed by atoms with Gasteiger partial charge in [0.1, 0.15) is 5.25 Å². The molecular formula is C5H11NO2S. The van der Waals surface area contributed by atoms with Gasteiger partial charge >= 0.3 is 5.97 Å². The van der Waals surface area contributed by atoms with Crippen molar-refractivity contribution in [2.24, 2.45) is 0 Å². The van der Waals surface area contributed by atoms with Crippen molar-refractivity contribution in [2.75, 3.05) is 19.8 Å². The minimum absolute atomic E-state index is 0.310. The van der Waals surface area contributed by atoms with Crippen LogP contribution in [0, 0.1) is 0 Å². The Balaban J connectivity index is 3.54. The van der Waals surface area contributed by atoms with E-state index in [2.05, 4.69) is 5.32 Å². The van der Waals surface area contributed by atoms with Crippen LogP contribution >= 0.6 is 11.8 Å². The summed E-state index contributed by atoms with van der Waals surface area (Å²) < 4.78 is 0. The quantitative estimate of drug-likeness (QED) is 0.591. The molecule has 0 radical (unpaired) electrons. The van der Waals surface area contributed by atoms with Gasteiger partial charge in [-0.2, -0.15) is 0 Å². The standard InChI is InChI=1S/C5H11NO2S/c1-6-3-4(9-2)5(7)8/h4,6H,3H2,1-2H3,(H,7,8). The first-order valence-electron chi connectivity index (χ1n) is 2.62. The van der Waals surface area contributed by atoms with Crippen molar-refractivity contribution in [1.29, 1.82) is 0 Å². The van der Waals surface area contributed by atoms with Crippen LogP contribution in [0.3, 0.4) is 0 Å². The predicted octanol–water partition coefficient (Wildman–Crippen LogP) is 0.0220. The van der Waals surface area contributed by atoms with Gasteiger partial charge in [0.05, 0.1) is 0 Å². The zero-order valence-electron chi connectivity index (χ0n) is 5.55. The Kier molecular flexibility index (Phi) is 4.53. The maximum Gasteiger partial charge on any atom is 0.317 e. The lowest BCUT2D eigenvalue weighted by Gasteiger charge is -2.06. The fourth-order valence-electron chi connectivity index (χ4n) is 0.457. The van der Waals surface area contributed by atoms with E-state index < -0.39 is 5.97 Å². The molecule has 0 aliphatic rings. The van der Waals surface area contributed by atoms with Crippen LogP contribution < -0.4 is 5.32 Å². The minimum atomic E-state index is -0.753. The van der Waals surface area contributed by atoms with Gasteiger partial charge in [-0.1, -0.05) is 0 Å². The van der Waals surface area contributed by atoms with E-state index in [-0.39, 0.29) is 5.25 Å². The fraction of sp³-hybridized carbons (Fsp3) is 0.800. The van der Waals surface area contributed by atoms with Gasteiger partial charge in [-0.3, -0.25) is 4.79 Å². The van der Waals surface area contributed by atoms with Gasteiger partial charge in [-0.05, 0) is 13.3 Å². The summed E-state index contributed by atoms with van der Waals surface area (Å²) in [6, 6.07) is 0. The van der Waals surface area contributed by atoms with E-state index in [0.717, 1.165) is 0 Å². The first kappa shape index (κ1) is 8.78. The highest BCUT2D eigenvalue weighted by molar-refractivity contribution is 7.99. The highest BCUT2D eigenvalue weighted by atomic mass is 32.2.